The molecule has 0 aliphatic heterocycles. The molecule has 0 bridgehead atoms. The van der Waals surface area contributed by atoms with E-state index in [2.05, 4.69) is 31.9 Å². The van der Waals surface area contributed by atoms with E-state index >= 15 is 0 Å². The van der Waals surface area contributed by atoms with Crippen LogP contribution in [0.3, 0.4) is 0 Å². The Kier molecular flexibility index (Phi) is 7.00. The Labute approximate surface area is 130 Å². The fourth-order valence-electron chi connectivity index (χ4n) is 1.60. The van der Waals surface area contributed by atoms with Gasteiger partial charge in [0.05, 0.1) is 0 Å². The molecule has 3 nitrogen and oxygen atoms in total. The first-order valence-electron chi connectivity index (χ1n) is 5.43. The lowest BCUT2D eigenvalue weighted by Crippen LogP contribution is -2.19. The topological polar surface area (TPSA) is 57.5 Å². The Balaban J connectivity index is 0.000000796. The van der Waals surface area contributed by atoms with E-state index in [-0.39, 0.29) is 16.2 Å². The maximum Gasteiger partial charge on any atom is 0.503 e. The molecule has 0 aromatic rings. The smallest absolute Gasteiger partial charge is 0.450 e. The SMILES string of the molecule is CC1(C)CC1C(Br)C(Br)/C=C(/F)C(F)(F)F.O=C(O)O. The summed E-state index contributed by atoms with van der Waals surface area (Å²) in [6.07, 6.45) is -5.21. The quantitative estimate of drug-likeness (QED) is 0.479. The van der Waals surface area contributed by atoms with Gasteiger partial charge in [-0.3, -0.25) is 0 Å². The highest BCUT2D eigenvalue weighted by atomic mass is 79.9. The van der Waals surface area contributed by atoms with Crippen molar-refractivity contribution in [1.82, 2.24) is 0 Å². The highest BCUT2D eigenvalue weighted by Gasteiger charge is 2.51. The summed E-state index contributed by atoms with van der Waals surface area (Å²) < 4.78 is 48.6. The van der Waals surface area contributed by atoms with E-state index in [1.54, 1.807) is 0 Å². The number of carbonyl (C=O) groups is 1. The van der Waals surface area contributed by atoms with Crippen LogP contribution in [0.2, 0.25) is 0 Å². The monoisotopic (exact) mass is 428 g/mol. The van der Waals surface area contributed by atoms with Crippen molar-refractivity contribution in [2.45, 2.75) is 36.1 Å². The number of halogens is 6. The molecule has 3 unspecified atom stereocenters. The lowest BCUT2D eigenvalue weighted by atomic mass is 10.1. The van der Waals surface area contributed by atoms with Crippen molar-refractivity contribution in [3.8, 4) is 0 Å². The molecule has 3 atom stereocenters. The Morgan fingerprint density at radius 1 is 1.35 bits per heavy atom. The van der Waals surface area contributed by atoms with Crippen molar-refractivity contribution in [1.29, 1.82) is 0 Å². The number of carboxylic acid groups (broad SMARTS) is 2. The van der Waals surface area contributed by atoms with Gasteiger partial charge in [-0.2, -0.15) is 13.2 Å². The lowest BCUT2D eigenvalue weighted by molar-refractivity contribution is -0.109. The molecule has 2 N–H and O–H groups in total. The van der Waals surface area contributed by atoms with Gasteiger partial charge in [0, 0.05) is 9.65 Å². The molecule has 1 saturated carbocycles. The predicted molar refractivity (Wildman–Crippen MR) is 73.2 cm³/mol. The molecule has 118 valence electrons. The molecule has 0 spiro atoms. The van der Waals surface area contributed by atoms with Crippen LogP contribution in [-0.4, -0.2) is 32.2 Å². The highest BCUT2D eigenvalue weighted by molar-refractivity contribution is 9.12. The minimum atomic E-state index is -4.89. The second kappa shape index (κ2) is 7.11. The van der Waals surface area contributed by atoms with Crippen molar-refractivity contribution >= 4 is 38.0 Å². The second-order valence-corrected chi connectivity index (χ2v) is 7.10. The van der Waals surface area contributed by atoms with Crippen LogP contribution in [0, 0.1) is 11.3 Å². The Bertz CT molecular complexity index is 378. The molecule has 20 heavy (non-hydrogen) atoms. The van der Waals surface area contributed by atoms with Crippen molar-refractivity contribution in [2.24, 2.45) is 11.3 Å². The first-order valence-corrected chi connectivity index (χ1v) is 7.26. The number of alkyl halides is 5. The average molecular weight is 430 g/mol. The van der Waals surface area contributed by atoms with Crippen LogP contribution in [-0.2, 0) is 0 Å². The minimum Gasteiger partial charge on any atom is -0.450 e. The van der Waals surface area contributed by atoms with Gasteiger partial charge in [0.25, 0.3) is 0 Å². The summed E-state index contributed by atoms with van der Waals surface area (Å²) in [6, 6.07) is 0. The van der Waals surface area contributed by atoms with Gasteiger partial charge >= 0.3 is 12.3 Å². The van der Waals surface area contributed by atoms with Crippen LogP contribution in [0.5, 0.6) is 0 Å². The molecule has 9 heteroatoms. The largest absolute Gasteiger partial charge is 0.503 e. The molecule has 0 heterocycles. The minimum absolute atomic E-state index is 0.128. The lowest BCUT2D eigenvalue weighted by Gasteiger charge is -2.15. The van der Waals surface area contributed by atoms with Crippen LogP contribution in [0.4, 0.5) is 22.4 Å². The summed E-state index contributed by atoms with van der Waals surface area (Å²) in [5.41, 5.74) is 0.128. The predicted octanol–water partition coefficient (Wildman–Crippen LogP) is 5.20. The summed E-state index contributed by atoms with van der Waals surface area (Å²) in [5.74, 6) is -1.77. The van der Waals surface area contributed by atoms with Gasteiger partial charge < -0.3 is 10.2 Å². The summed E-state index contributed by atoms with van der Waals surface area (Å²) in [7, 11) is 0. The second-order valence-electron chi connectivity index (χ2n) is 4.98. The van der Waals surface area contributed by atoms with Gasteiger partial charge in [-0.15, -0.1) is 0 Å². The van der Waals surface area contributed by atoms with Gasteiger partial charge in [-0.05, 0) is 23.8 Å². The van der Waals surface area contributed by atoms with E-state index in [0.29, 0.717) is 6.08 Å². The van der Waals surface area contributed by atoms with E-state index in [1.807, 2.05) is 13.8 Å². The number of rotatable bonds is 3. The molecule has 0 saturated heterocycles. The summed E-state index contributed by atoms with van der Waals surface area (Å²) in [6.45, 7) is 4.07. The van der Waals surface area contributed by atoms with Crippen molar-refractivity contribution in [3.05, 3.63) is 11.9 Å². The maximum atomic E-state index is 12.7. The standard InChI is InChI=1S/C10H12Br2F4.CH2O3/c1-9(2)4-5(9)8(12)6(11)3-7(13)10(14,15)16;2-1(3)4/h3,5-6,8H,4H2,1-2H3;(H2,2,3,4)/b7-3+;. The molecule has 0 aromatic heterocycles. The fourth-order valence-corrected chi connectivity index (χ4v) is 3.26. The zero-order valence-corrected chi connectivity index (χ0v) is 13.8. The Morgan fingerprint density at radius 3 is 1.95 bits per heavy atom. The third-order valence-corrected chi connectivity index (χ3v) is 5.61. The van der Waals surface area contributed by atoms with Crippen LogP contribution in [0.1, 0.15) is 20.3 Å². The average Bonchev–Trinajstić information content (AvgIpc) is 2.84. The summed E-state index contributed by atoms with van der Waals surface area (Å²) >= 11 is 6.38. The van der Waals surface area contributed by atoms with Crippen molar-refractivity contribution < 1.29 is 32.6 Å². The summed E-state index contributed by atoms with van der Waals surface area (Å²) in [4.78, 5) is 7.72. The van der Waals surface area contributed by atoms with Crippen LogP contribution in [0.15, 0.2) is 11.9 Å². The van der Waals surface area contributed by atoms with Crippen molar-refractivity contribution in [3.63, 3.8) is 0 Å². The molecule has 0 radical (unpaired) electrons. The zero-order valence-electron chi connectivity index (χ0n) is 10.6. The summed E-state index contributed by atoms with van der Waals surface area (Å²) in [5, 5.41) is 13.9. The van der Waals surface area contributed by atoms with Crippen LogP contribution < -0.4 is 0 Å². The van der Waals surface area contributed by atoms with Gasteiger partial charge in [0.2, 0.25) is 5.83 Å². The van der Waals surface area contributed by atoms with Crippen LogP contribution in [0.25, 0.3) is 0 Å². The van der Waals surface area contributed by atoms with Crippen LogP contribution >= 0.6 is 31.9 Å². The maximum absolute atomic E-state index is 12.7. The third kappa shape index (κ3) is 6.92. The fraction of sp³-hybridized carbons (Fsp3) is 0.727. The van der Waals surface area contributed by atoms with Gasteiger partial charge in [-0.1, -0.05) is 45.7 Å². The molecule has 0 aromatic carbocycles. The molecular weight excluding hydrogens is 416 g/mol. The van der Waals surface area contributed by atoms with E-state index < -0.39 is 23.0 Å². The van der Waals surface area contributed by atoms with E-state index in [1.165, 1.54) is 0 Å². The molecule has 0 amide bonds. The molecule has 1 fully saturated rings. The molecule has 1 aliphatic rings. The van der Waals surface area contributed by atoms with E-state index in [0.717, 1.165) is 6.42 Å². The van der Waals surface area contributed by atoms with Gasteiger partial charge in [0.1, 0.15) is 0 Å². The first-order chi connectivity index (χ1) is 8.79. The Hall–Kier alpha value is -0.310. The first kappa shape index (κ1) is 19.7. The zero-order chi connectivity index (χ0) is 16.3. The van der Waals surface area contributed by atoms with Gasteiger partial charge in [-0.25, -0.2) is 9.18 Å². The number of allylic oxidation sites excluding steroid dienone is 2. The third-order valence-electron chi connectivity index (χ3n) is 2.85. The molecular formula is C11H14Br2F4O3. The number of hydrogen-bond donors (Lipinski definition) is 2. The molecule has 1 aliphatic carbocycles. The van der Waals surface area contributed by atoms with Crippen molar-refractivity contribution in [2.75, 3.05) is 0 Å². The highest BCUT2D eigenvalue weighted by Crippen LogP contribution is 2.57. The Morgan fingerprint density at radius 2 is 1.70 bits per heavy atom. The number of hydrogen-bond acceptors (Lipinski definition) is 1. The normalized spacial score (nSPS) is 24.2. The van der Waals surface area contributed by atoms with E-state index in [4.69, 9.17) is 15.0 Å². The van der Waals surface area contributed by atoms with E-state index in [9.17, 15) is 17.6 Å². The van der Waals surface area contributed by atoms with Gasteiger partial charge in [0.15, 0.2) is 0 Å². The molecule has 1 rings (SSSR count).